The van der Waals surface area contributed by atoms with Crippen molar-refractivity contribution in [2.45, 2.75) is 26.2 Å². The minimum absolute atomic E-state index is 0.0652. The summed E-state index contributed by atoms with van der Waals surface area (Å²) in [6.45, 7) is 5.47. The number of anilines is 2. The molecule has 1 aromatic rings. The molecule has 2 N–H and O–H groups in total. The molecule has 7 heteroatoms. The monoisotopic (exact) mass is 358 g/mol. The number of amides is 3. The molecule has 1 atom stereocenters. The molecule has 7 nitrogen and oxygen atoms in total. The fraction of sp³-hybridized carbons (Fsp3) is 0.526. The molecule has 0 aliphatic carbocycles. The van der Waals surface area contributed by atoms with Gasteiger partial charge in [-0.05, 0) is 30.7 Å². The molecule has 2 heterocycles. The van der Waals surface area contributed by atoms with Gasteiger partial charge < -0.3 is 20.4 Å². The third-order valence-corrected chi connectivity index (χ3v) is 5.15. The first-order valence-electron chi connectivity index (χ1n) is 9.22. The Labute approximate surface area is 153 Å². The molecule has 140 valence electrons. The van der Waals surface area contributed by atoms with E-state index >= 15 is 0 Å². The van der Waals surface area contributed by atoms with E-state index in [4.69, 9.17) is 5.73 Å². The van der Waals surface area contributed by atoms with Gasteiger partial charge >= 0.3 is 0 Å². The van der Waals surface area contributed by atoms with Gasteiger partial charge in [0.05, 0.1) is 5.92 Å². The summed E-state index contributed by atoms with van der Waals surface area (Å²) >= 11 is 0. The van der Waals surface area contributed by atoms with E-state index in [0.717, 1.165) is 44.0 Å². The van der Waals surface area contributed by atoms with Crippen LogP contribution in [0, 0.1) is 5.92 Å². The van der Waals surface area contributed by atoms with Crippen molar-refractivity contribution in [3.63, 3.8) is 0 Å². The number of carbonyl (C=O) groups is 3. The second-order valence-electron chi connectivity index (χ2n) is 6.94. The average Bonchev–Trinajstić information content (AvgIpc) is 3.04. The minimum atomic E-state index is -0.423. The lowest BCUT2D eigenvalue weighted by molar-refractivity contribution is -0.131. The van der Waals surface area contributed by atoms with Gasteiger partial charge in [-0.25, -0.2) is 0 Å². The first-order chi connectivity index (χ1) is 12.5. The predicted molar refractivity (Wildman–Crippen MR) is 99.8 cm³/mol. The Kier molecular flexibility index (Phi) is 5.44. The number of benzene rings is 1. The molecule has 0 saturated carbocycles. The number of primary amides is 1. The quantitative estimate of drug-likeness (QED) is 0.850. The molecule has 2 aliphatic heterocycles. The maximum atomic E-state index is 12.1. The maximum absolute atomic E-state index is 12.1. The largest absolute Gasteiger partial charge is 0.369 e. The van der Waals surface area contributed by atoms with Gasteiger partial charge in [0.1, 0.15) is 0 Å². The Morgan fingerprint density at radius 2 is 1.69 bits per heavy atom. The van der Waals surface area contributed by atoms with Gasteiger partial charge in [0.15, 0.2) is 0 Å². The highest BCUT2D eigenvalue weighted by molar-refractivity contribution is 6.00. The molecule has 1 unspecified atom stereocenters. The zero-order valence-corrected chi connectivity index (χ0v) is 15.2. The van der Waals surface area contributed by atoms with Crippen LogP contribution < -0.4 is 15.5 Å². The fourth-order valence-electron chi connectivity index (χ4n) is 3.58. The highest BCUT2D eigenvalue weighted by atomic mass is 16.2. The molecular formula is C19H26N4O3. The fourth-order valence-corrected chi connectivity index (χ4v) is 3.58. The summed E-state index contributed by atoms with van der Waals surface area (Å²) in [4.78, 5) is 41.2. The average molecular weight is 358 g/mol. The van der Waals surface area contributed by atoms with Crippen LogP contribution in [0.5, 0.6) is 0 Å². The SMILES string of the molecule is CCCC(=O)N1CCN(c2ccc(N3CC(C(N)=O)CC3=O)cc2)CC1. The smallest absolute Gasteiger partial charge is 0.227 e. The van der Waals surface area contributed by atoms with Gasteiger partial charge in [0.2, 0.25) is 17.7 Å². The lowest BCUT2D eigenvalue weighted by Gasteiger charge is -2.36. The number of nitrogens with two attached hydrogens (primary N) is 1. The lowest BCUT2D eigenvalue weighted by Crippen LogP contribution is -2.48. The van der Waals surface area contributed by atoms with E-state index in [1.807, 2.05) is 36.1 Å². The van der Waals surface area contributed by atoms with Crippen LogP contribution in [0.25, 0.3) is 0 Å². The molecule has 0 spiro atoms. The second kappa shape index (κ2) is 7.76. The molecule has 0 aromatic heterocycles. The molecule has 2 fully saturated rings. The van der Waals surface area contributed by atoms with Crippen molar-refractivity contribution in [1.29, 1.82) is 0 Å². The summed E-state index contributed by atoms with van der Waals surface area (Å²) in [5.41, 5.74) is 7.19. The van der Waals surface area contributed by atoms with Crippen LogP contribution in [0.15, 0.2) is 24.3 Å². The Morgan fingerprint density at radius 3 is 2.23 bits per heavy atom. The van der Waals surface area contributed by atoms with Gasteiger partial charge in [0, 0.05) is 56.9 Å². The summed E-state index contributed by atoms with van der Waals surface area (Å²) < 4.78 is 0. The molecule has 1 aromatic carbocycles. The van der Waals surface area contributed by atoms with Crippen molar-refractivity contribution < 1.29 is 14.4 Å². The summed E-state index contributed by atoms with van der Waals surface area (Å²) in [5.74, 6) is -0.660. The molecular weight excluding hydrogens is 332 g/mol. The first kappa shape index (κ1) is 18.2. The maximum Gasteiger partial charge on any atom is 0.227 e. The Balaban J connectivity index is 1.60. The normalized spacial score (nSPS) is 20.6. The van der Waals surface area contributed by atoms with Crippen molar-refractivity contribution in [3.8, 4) is 0 Å². The van der Waals surface area contributed by atoms with E-state index in [0.29, 0.717) is 13.0 Å². The Hall–Kier alpha value is -2.57. The van der Waals surface area contributed by atoms with E-state index in [9.17, 15) is 14.4 Å². The predicted octanol–water partition coefficient (Wildman–Crippen LogP) is 0.974. The summed E-state index contributed by atoms with van der Waals surface area (Å²) in [6.07, 6.45) is 1.68. The molecule has 0 bridgehead atoms. The van der Waals surface area contributed by atoms with Crippen LogP contribution in [-0.4, -0.2) is 55.3 Å². The van der Waals surface area contributed by atoms with Gasteiger partial charge in [-0.15, -0.1) is 0 Å². The van der Waals surface area contributed by atoms with Crippen molar-refractivity contribution in [2.75, 3.05) is 42.5 Å². The van der Waals surface area contributed by atoms with E-state index < -0.39 is 11.8 Å². The standard InChI is InChI=1S/C19H26N4O3/c1-2-3-17(24)22-10-8-21(9-11-22)15-4-6-16(7-5-15)23-13-14(19(20)26)12-18(23)25/h4-7,14H,2-3,8-13H2,1H3,(H2,20,26). The Bertz CT molecular complexity index is 681. The molecule has 3 amide bonds. The van der Waals surface area contributed by atoms with Crippen molar-refractivity contribution in [1.82, 2.24) is 4.90 Å². The zero-order valence-electron chi connectivity index (χ0n) is 15.2. The summed E-state index contributed by atoms with van der Waals surface area (Å²) in [5, 5.41) is 0. The van der Waals surface area contributed by atoms with E-state index in [-0.39, 0.29) is 18.2 Å². The number of piperazine rings is 1. The molecule has 2 saturated heterocycles. The topological polar surface area (TPSA) is 86.9 Å². The Morgan fingerprint density at radius 1 is 1.08 bits per heavy atom. The highest BCUT2D eigenvalue weighted by Crippen LogP contribution is 2.27. The number of carbonyl (C=O) groups excluding carboxylic acids is 3. The minimum Gasteiger partial charge on any atom is -0.369 e. The third-order valence-electron chi connectivity index (χ3n) is 5.15. The number of hydrogen-bond donors (Lipinski definition) is 1. The van der Waals surface area contributed by atoms with Crippen LogP contribution >= 0.6 is 0 Å². The lowest BCUT2D eigenvalue weighted by atomic mass is 10.1. The van der Waals surface area contributed by atoms with E-state index in [1.54, 1.807) is 4.90 Å². The number of hydrogen-bond acceptors (Lipinski definition) is 4. The number of rotatable bonds is 5. The van der Waals surface area contributed by atoms with Crippen LogP contribution in [-0.2, 0) is 14.4 Å². The molecule has 3 rings (SSSR count). The first-order valence-corrected chi connectivity index (χ1v) is 9.22. The highest BCUT2D eigenvalue weighted by Gasteiger charge is 2.33. The van der Waals surface area contributed by atoms with E-state index in [2.05, 4.69) is 4.90 Å². The molecule has 26 heavy (non-hydrogen) atoms. The van der Waals surface area contributed by atoms with Crippen LogP contribution in [0.3, 0.4) is 0 Å². The number of nitrogens with zero attached hydrogens (tertiary/aromatic N) is 3. The third kappa shape index (κ3) is 3.81. The van der Waals surface area contributed by atoms with Crippen molar-refractivity contribution in [2.24, 2.45) is 11.7 Å². The van der Waals surface area contributed by atoms with Crippen molar-refractivity contribution in [3.05, 3.63) is 24.3 Å². The van der Waals surface area contributed by atoms with E-state index in [1.165, 1.54) is 0 Å². The second-order valence-corrected chi connectivity index (χ2v) is 6.94. The van der Waals surface area contributed by atoms with Crippen LogP contribution in [0.4, 0.5) is 11.4 Å². The molecule has 2 aliphatic rings. The van der Waals surface area contributed by atoms with Crippen LogP contribution in [0.2, 0.25) is 0 Å². The summed E-state index contributed by atoms with van der Waals surface area (Å²) in [6, 6.07) is 7.80. The van der Waals surface area contributed by atoms with Gasteiger partial charge in [0.25, 0.3) is 0 Å². The molecule has 0 radical (unpaired) electrons. The van der Waals surface area contributed by atoms with Gasteiger partial charge in [-0.2, -0.15) is 0 Å². The van der Waals surface area contributed by atoms with Crippen LogP contribution in [0.1, 0.15) is 26.2 Å². The van der Waals surface area contributed by atoms with Gasteiger partial charge in [-0.3, -0.25) is 14.4 Å². The van der Waals surface area contributed by atoms with Crippen molar-refractivity contribution >= 4 is 29.1 Å². The summed E-state index contributed by atoms with van der Waals surface area (Å²) in [7, 11) is 0. The zero-order chi connectivity index (χ0) is 18.7. The van der Waals surface area contributed by atoms with Gasteiger partial charge in [-0.1, -0.05) is 6.92 Å².